The van der Waals surface area contributed by atoms with Gasteiger partial charge in [-0.05, 0) is 14.0 Å². The van der Waals surface area contributed by atoms with Crippen LogP contribution in [0.2, 0.25) is 0 Å². The zero-order valence-electron chi connectivity index (χ0n) is 10.1. The Morgan fingerprint density at radius 2 is 2.29 bits per heavy atom. The van der Waals surface area contributed by atoms with Gasteiger partial charge in [-0.2, -0.15) is 4.39 Å². The highest BCUT2D eigenvalue weighted by molar-refractivity contribution is 5.61. The molecule has 5 heteroatoms. The smallest absolute Gasteiger partial charge is 0.240 e. The fraction of sp³-hybridized carbons (Fsp3) is 0.583. The van der Waals surface area contributed by atoms with Gasteiger partial charge in [0.15, 0.2) is 0 Å². The van der Waals surface area contributed by atoms with E-state index in [4.69, 9.17) is 4.74 Å². The van der Waals surface area contributed by atoms with Gasteiger partial charge in [0.2, 0.25) is 5.95 Å². The number of rotatable bonds is 0. The Balaban J connectivity index is 2.01. The number of pyridine rings is 1. The maximum Gasteiger partial charge on any atom is 0.240 e. The van der Waals surface area contributed by atoms with E-state index in [1.54, 1.807) is 6.92 Å². The summed E-state index contributed by atoms with van der Waals surface area (Å²) >= 11 is 0. The second-order valence-corrected chi connectivity index (χ2v) is 4.82. The van der Waals surface area contributed by atoms with Gasteiger partial charge in [-0.1, -0.05) is 0 Å². The summed E-state index contributed by atoms with van der Waals surface area (Å²) in [5.74, 6) is 0.227. The van der Waals surface area contributed by atoms with Crippen molar-refractivity contribution >= 4 is 5.69 Å². The summed E-state index contributed by atoms with van der Waals surface area (Å²) in [4.78, 5) is 8.24. The molecule has 3 rings (SSSR count). The van der Waals surface area contributed by atoms with Crippen LogP contribution in [0.5, 0.6) is 5.75 Å². The molecule has 1 atom stereocenters. The summed E-state index contributed by atoms with van der Waals surface area (Å²) in [6, 6.07) is 2.05. The first kappa shape index (κ1) is 10.8. The van der Waals surface area contributed by atoms with Crippen LogP contribution in [-0.4, -0.2) is 49.2 Å². The Bertz CT molecular complexity index is 452. The molecule has 2 aliphatic heterocycles. The third kappa shape index (κ3) is 1.74. The van der Waals surface area contributed by atoms with Gasteiger partial charge in [-0.15, -0.1) is 0 Å². The molecule has 1 saturated heterocycles. The highest BCUT2D eigenvalue weighted by atomic mass is 19.1. The minimum atomic E-state index is -0.408. The molecular formula is C12H16FN3O. The lowest BCUT2D eigenvalue weighted by molar-refractivity contribution is 0.186. The van der Waals surface area contributed by atoms with Gasteiger partial charge >= 0.3 is 0 Å². The molecule has 1 unspecified atom stereocenters. The predicted molar refractivity (Wildman–Crippen MR) is 63.1 cm³/mol. The fourth-order valence-corrected chi connectivity index (χ4v) is 2.60. The van der Waals surface area contributed by atoms with Crippen molar-refractivity contribution in [2.75, 3.05) is 38.2 Å². The molecule has 1 aromatic rings. The van der Waals surface area contributed by atoms with Crippen molar-refractivity contribution in [1.29, 1.82) is 0 Å². The number of fused-ring (bicyclic) bond motifs is 3. The van der Waals surface area contributed by atoms with E-state index in [9.17, 15) is 4.39 Å². The zero-order chi connectivity index (χ0) is 12.0. The lowest BCUT2D eigenvalue weighted by Gasteiger charge is -2.44. The second-order valence-electron chi connectivity index (χ2n) is 4.82. The number of piperazine rings is 1. The van der Waals surface area contributed by atoms with E-state index in [0.29, 0.717) is 23.7 Å². The highest BCUT2D eigenvalue weighted by Crippen LogP contribution is 2.36. The van der Waals surface area contributed by atoms with Crippen molar-refractivity contribution in [3.63, 3.8) is 0 Å². The van der Waals surface area contributed by atoms with Crippen LogP contribution >= 0.6 is 0 Å². The van der Waals surface area contributed by atoms with Crippen LogP contribution in [0.3, 0.4) is 0 Å². The highest BCUT2D eigenvalue weighted by Gasteiger charge is 2.34. The van der Waals surface area contributed by atoms with Crippen molar-refractivity contribution in [2.45, 2.75) is 13.0 Å². The van der Waals surface area contributed by atoms with Crippen molar-refractivity contribution in [2.24, 2.45) is 0 Å². The average molecular weight is 237 g/mol. The molecule has 1 fully saturated rings. The first-order valence-corrected chi connectivity index (χ1v) is 5.90. The first-order valence-electron chi connectivity index (χ1n) is 5.90. The molecule has 4 nitrogen and oxygen atoms in total. The predicted octanol–water partition coefficient (Wildman–Crippen LogP) is 1.04. The van der Waals surface area contributed by atoms with Crippen LogP contribution in [0.4, 0.5) is 10.1 Å². The minimum absolute atomic E-state index is 0.236. The van der Waals surface area contributed by atoms with Crippen molar-refractivity contribution in [3.05, 3.63) is 17.7 Å². The normalized spacial score (nSPS) is 23.9. The lowest BCUT2D eigenvalue weighted by Crippen LogP contribution is -2.56. The largest absolute Gasteiger partial charge is 0.489 e. The van der Waals surface area contributed by atoms with Gasteiger partial charge in [0.1, 0.15) is 18.0 Å². The zero-order valence-corrected chi connectivity index (χ0v) is 10.1. The summed E-state index contributed by atoms with van der Waals surface area (Å²) in [5.41, 5.74) is 1.20. The summed E-state index contributed by atoms with van der Waals surface area (Å²) in [5, 5.41) is 0. The summed E-state index contributed by atoms with van der Waals surface area (Å²) < 4.78 is 19.6. The standard InChI is InChI=1S/C12H16FN3O/c1-8-5-10-11(12(13)14-8)16-4-3-15(2)6-9(16)7-17-10/h5,9H,3-4,6-7H2,1-2H3. The number of nitrogens with zero attached hydrogens (tertiary/aromatic N) is 3. The molecule has 92 valence electrons. The topological polar surface area (TPSA) is 28.6 Å². The van der Waals surface area contributed by atoms with Crippen LogP contribution < -0.4 is 9.64 Å². The van der Waals surface area contributed by atoms with Gasteiger partial charge in [0.05, 0.1) is 6.04 Å². The van der Waals surface area contributed by atoms with E-state index < -0.39 is 5.95 Å². The van der Waals surface area contributed by atoms with E-state index in [2.05, 4.69) is 21.8 Å². The molecule has 17 heavy (non-hydrogen) atoms. The SMILES string of the molecule is Cc1cc2c(c(F)n1)N1CCN(C)CC1CO2. The Morgan fingerprint density at radius 3 is 3.12 bits per heavy atom. The number of hydrogen-bond acceptors (Lipinski definition) is 4. The average Bonchev–Trinajstić information content (AvgIpc) is 2.28. The molecule has 1 aromatic heterocycles. The Hall–Kier alpha value is -1.36. The molecule has 0 spiro atoms. The molecular weight excluding hydrogens is 221 g/mol. The number of anilines is 1. The van der Waals surface area contributed by atoms with E-state index >= 15 is 0 Å². The quantitative estimate of drug-likeness (QED) is 0.630. The van der Waals surface area contributed by atoms with E-state index in [1.807, 2.05) is 6.07 Å². The Kier molecular flexibility index (Phi) is 2.43. The number of ether oxygens (including phenoxy) is 1. The summed E-state index contributed by atoms with van der Waals surface area (Å²) in [6.07, 6.45) is 0. The number of likely N-dealkylation sites (N-methyl/N-ethyl adjacent to an activating group) is 1. The second kappa shape index (κ2) is 3.84. The van der Waals surface area contributed by atoms with Crippen molar-refractivity contribution < 1.29 is 9.13 Å². The van der Waals surface area contributed by atoms with Crippen LogP contribution in [0.15, 0.2) is 6.07 Å². The molecule has 0 N–H and O–H groups in total. The molecule has 3 heterocycles. The molecule has 0 radical (unpaired) electrons. The van der Waals surface area contributed by atoms with Gasteiger partial charge in [-0.25, -0.2) is 4.98 Å². The van der Waals surface area contributed by atoms with Crippen LogP contribution in [0.1, 0.15) is 5.69 Å². The fourth-order valence-electron chi connectivity index (χ4n) is 2.60. The monoisotopic (exact) mass is 237 g/mol. The maximum atomic E-state index is 14.0. The van der Waals surface area contributed by atoms with Crippen LogP contribution in [0, 0.1) is 12.9 Å². The van der Waals surface area contributed by atoms with Crippen LogP contribution in [0.25, 0.3) is 0 Å². The van der Waals surface area contributed by atoms with E-state index in [-0.39, 0.29) is 6.04 Å². The number of aryl methyl sites for hydroxylation is 1. The number of hydrogen-bond donors (Lipinski definition) is 0. The Labute approximate surface area is 100.0 Å². The molecule has 0 aromatic carbocycles. The van der Waals surface area contributed by atoms with Crippen molar-refractivity contribution in [3.8, 4) is 5.75 Å². The van der Waals surface area contributed by atoms with Gasteiger partial charge in [0.25, 0.3) is 0 Å². The molecule has 0 bridgehead atoms. The molecule has 0 aliphatic carbocycles. The molecule has 0 amide bonds. The lowest BCUT2D eigenvalue weighted by atomic mass is 10.1. The molecule has 0 saturated carbocycles. The summed E-state index contributed by atoms with van der Waals surface area (Å²) in [6.45, 7) is 5.10. The van der Waals surface area contributed by atoms with Gasteiger partial charge in [-0.3, -0.25) is 0 Å². The molecule has 2 aliphatic rings. The first-order chi connectivity index (χ1) is 8.15. The number of aromatic nitrogens is 1. The third-order valence-electron chi connectivity index (χ3n) is 3.45. The minimum Gasteiger partial charge on any atom is -0.489 e. The number of halogens is 1. The maximum absolute atomic E-state index is 14.0. The van der Waals surface area contributed by atoms with Crippen LogP contribution in [-0.2, 0) is 0 Å². The van der Waals surface area contributed by atoms with Gasteiger partial charge < -0.3 is 14.5 Å². The Morgan fingerprint density at radius 1 is 1.47 bits per heavy atom. The van der Waals surface area contributed by atoms with Gasteiger partial charge in [0, 0.05) is 31.4 Å². The van der Waals surface area contributed by atoms with E-state index in [1.165, 1.54) is 0 Å². The third-order valence-corrected chi connectivity index (χ3v) is 3.45. The van der Waals surface area contributed by atoms with E-state index in [0.717, 1.165) is 19.6 Å². The van der Waals surface area contributed by atoms with Crippen molar-refractivity contribution in [1.82, 2.24) is 9.88 Å². The summed E-state index contributed by atoms with van der Waals surface area (Å²) in [7, 11) is 2.08.